The lowest BCUT2D eigenvalue weighted by molar-refractivity contribution is 0.0614. The number of carbonyl (C=O) groups is 2. The quantitative estimate of drug-likeness (QED) is 0.409. The predicted molar refractivity (Wildman–Crippen MR) is 88.3 cm³/mol. The molecular formula is C18H20N2O3. The zero-order valence-electron chi connectivity index (χ0n) is 13.7. The van der Waals surface area contributed by atoms with E-state index in [4.69, 9.17) is 10.6 Å². The molecule has 0 spiro atoms. The topological polar surface area (TPSA) is 72.6 Å². The first-order valence-electron chi connectivity index (χ1n) is 7.20. The minimum absolute atomic E-state index is 0.338. The molecule has 23 heavy (non-hydrogen) atoms. The van der Waals surface area contributed by atoms with Gasteiger partial charge in [0.05, 0.1) is 7.11 Å². The van der Waals surface area contributed by atoms with Gasteiger partial charge in [0.15, 0.2) is 0 Å². The highest BCUT2D eigenvalue weighted by molar-refractivity contribution is 6.10. The number of nitrogens with two attached hydrogens (primary N) is 1. The average molecular weight is 312 g/mol. The fraction of sp³-hybridized carbons (Fsp3) is 0.222. The van der Waals surface area contributed by atoms with Crippen LogP contribution in [0.1, 0.15) is 37.4 Å². The van der Waals surface area contributed by atoms with E-state index in [1.807, 2.05) is 19.9 Å². The van der Waals surface area contributed by atoms with Gasteiger partial charge in [-0.1, -0.05) is 23.3 Å². The summed E-state index contributed by atoms with van der Waals surface area (Å²) in [7, 11) is 1.53. The molecule has 2 aromatic rings. The smallest absolute Gasteiger partial charge is 0.275 e. The lowest BCUT2D eigenvalue weighted by atomic mass is 10.0. The third-order valence-corrected chi connectivity index (χ3v) is 3.64. The Hall–Kier alpha value is -2.66. The van der Waals surface area contributed by atoms with Crippen molar-refractivity contribution in [2.24, 2.45) is 5.84 Å². The number of benzene rings is 2. The summed E-state index contributed by atoms with van der Waals surface area (Å²) in [6, 6.07) is 10.4. The minimum atomic E-state index is -0.564. The number of amides is 2. The van der Waals surface area contributed by atoms with E-state index in [-0.39, 0.29) is 0 Å². The van der Waals surface area contributed by atoms with Crippen LogP contribution in [0.15, 0.2) is 36.4 Å². The van der Waals surface area contributed by atoms with Crippen LogP contribution in [0.5, 0.6) is 5.75 Å². The van der Waals surface area contributed by atoms with E-state index in [1.54, 1.807) is 37.3 Å². The number of carbonyl (C=O) groups excluding carboxylic acids is 2. The normalized spacial score (nSPS) is 10.3. The standard InChI is InChI=1S/C18H20N2O3/c1-11-8-12(2)10-14(9-11)17(21)20(19)18(22)15-6-5-7-16(23-4)13(15)3/h5-10H,19H2,1-4H3. The Bertz CT molecular complexity index is 749. The minimum Gasteiger partial charge on any atom is -0.496 e. The number of imide groups is 1. The van der Waals surface area contributed by atoms with E-state index in [9.17, 15) is 9.59 Å². The number of ether oxygens (including phenoxy) is 1. The number of methoxy groups -OCH3 is 1. The molecule has 0 aliphatic rings. The summed E-state index contributed by atoms with van der Waals surface area (Å²) in [6.45, 7) is 5.53. The highest BCUT2D eigenvalue weighted by Crippen LogP contribution is 2.22. The van der Waals surface area contributed by atoms with Crippen LogP contribution >= 0.6 is 0 Å². The van der Waals surface area contributed by atoms with E-state index in [2.05, 4.69) is 0 Å². The van der Waals surface area contributed by atoms with Crippen LogP contribution in [0.2, 0.25) is 0 Å². The van der Waals surface area contributed by atoms with Gasteiger partial charge in [0.2, 0.25) is 0 Å². The van der Waals surface area contributed by atoms with Crippen molar-refractivity contribution in [3.8, 4) is 5.75 Å². The maximum absolute atomic E-state index is 12.5. The summed E-state index contributed by atoms with van der Waals surface area (Å²) < 4.78 is 5.20. The number of nitrogens with zero attached hydrogens (tertiary/aromatic N) is 1. The predicted octanol–water partition coefficient (Wildman–Crippen LogP) is 2.78. The molecule has 5 nitrogen and oxygen atoms in total. The Morgan fingerprint density at radius 3 is 2.17 bits per heavy atom. The summed E-state index contributed by atoms with van der Waals surface area (Å²) in [4.78, 5) is 25.0. The van der Waals surface area contributed by atoms with Crippen LogP contribution in [0, 0.1) is 20.8 Å². The maximum atomic E-state index is 12.5. The van der Waals surface area contributed by atoms with Crippen molar-refractivity contribution in [1.82, 2.24) is 5.01 Å². The van der Waals surface area contributed by atoms with Crippen molar-refractivity contribution < 1.29 is 14.3 Å². The van der Waals surface area contributed by atoms with E-state index in [1.165, 1.54) is 7.11 Å². The van der Waals surface area contributed by atoms with Crippen LogP contribution in [-0.2, 0) is 0 Å². The van der Waals surface area contributed by atoms with Crippen LogP contribution in [0.4, 0.5) is 0 Å². The second kappa shape index (κ2) is 6.62. The Labute approximate surface area is 135 Å². The van der Waals surface area contributed by atoms with Crippen LogP contribution in [0.3, 0.4) is 0 Å². The molecule has 0 fully saturated rings. The van der Waals surface area contributed by atoms with Gasteiger partial charge in [-0.3, -0.25) is 9.59 Å². The van der Waals surface area contributed by atoms with Gasteiger partial charge in [0.1, 0.15) is 5.75 Å². The van der Waals surface area contributed by atoms with Crippen LogP contribution in [0.25, 0.3) is 0 Å². The third-order valence-electron chi connectivity index (χ3n) is 3.64. The highest BCUT2D eigenvalue weighted by atomic mass is 16.5. The zero-order chi connectivity index (χ0) is 17.1. The maximum Gasteiger partial charge on any atom is 0.275 e. The van der Waals surface area contributed by atoms with E-state index < -0.39 is 11.8 Å². The zero-order valence-corrected chi connectivity index (χ0v) is 13.7. The lowest BCUT2D eigenvalue weighted by Crippen LogP contribution is -2.43. The number of hydrogen-bond donors (Lipinski definition) is 1. The third kappa shape index (κ3) is 3.40. The summed E-state index contributed by atoms with van der Waals surface area (Å²) >= 11 is 0. The second-order valence-corrected chi connectivity index (χ2v) is 5.49. The van der Waals surface area contributed by atoms with Gasteiger partial charge in [0, 0.05) is 16.7 Å². The SMILES string of the molecule is COc1cccc(C(=O)N(N)C(=O)c2cc(C)cc(C)c2)c1C. The van der Waals surface area contributed by atoms with E-state index in [0.717, 1.165) is 11.1 Å². The Morgan fingerprint density at radius 2 is 1.61 bits per heavy atom. The summed E-state index contributed by atoms with van der Waals surface area (Å²) in [5.41, 5.74) is 3.24. The molecule has 2 aromatic carbocycles. The molecule has 0 unspecified atom stereocenters. The van der Waals surface area contributed by atoms with Crippen LogP contribution in [-0.4, -0.2) is 23.9 Å². The molecule has 0 bridgehead atoms. The fourth-order valence-electron chi connectivity index (χ4n) is 2.53. The number of hydrogen-bond acceptors (Lipinski definition) is 4. The first-order valence-corrected chi connectivity index (χ1v) is 7.20. The van der Waals surface area contributed by atoms with Gasteiger partial charge >= 0.3 is 0 Å². The molecule has 2 rings (SSSR count). The molecule has 0 radical (unpaired) electrons. The van der Waals surface area contributed by atoms with Gasteiger partial charge in [0.25, 0.3) is 11.8 Å². The summed E-state index contributed by atoms with van der Waals surface area (Å²) in [6.07, 6.45) is 0. The summed E-state index contributed by atoms with van der Waals surface area (Å²) in [5.74, 6) is 5.25. The van der Waals surface area contributed by atoms with Crippen molar-refractivity contribution in [2.75, 3.05) is 7.11 Å². The molecule has 0 aliphatic heterocycles. The molecule has 5 heteroatoms. The van der Waals surface area contributed by atoms with Crippen molar-refractivity contribution >= 4 is 11.8 Å². The van der Waals surface area contributed by atoms with Gasteiger partial charge in [-0.2, -0.15) is 0 Å². The van der Waals surface area contributed by atoms with Gasteiger partial charge in [-0.25, -0.2) is 10.9 Å². The largest absolute Gasteiger partial charge is 0.496 e. The van der Waals surface area contributed by atoms with Gasteiger partial charge in [-0.05, 0) is 45.0 Å². The van der Waals surface area contributed by atoms with E-state index in [0.29, 0.717) is 27.4 Å². The second-order valence-electron chi connectivity index (χ2n) is 5.49. The monoisotopic (exact) mass is 312 g/mol. The van der Waals surface area contributed by atoms with Gasteiger partial charge < -0.3 is 4.74 Å². The summed E-state index contributed by atoms with van der Waals surface area (Å²) in [5, 5.41) is 0.649. The molecule has 0 heterocycles. The Balaban J connectivity index is 2.34. The lowest BCUT2D eigenvalue weighted by Gasteiger charge is -2.17. The van der Waals surface area contributed by atoms with Gasteiger partial charge in [-0.15, -0.1) is 0 Å². The molecule has 0 atom stereocenters. The highest BCUT2D eigenvalue weighted by Gasteiger charge is 2.23. The number of aryl methyl sites for hydroxylation is 2. The molecule has 120 valence electrons. The van der Waals surface area contributed by atoms with Crippen molar-refractivity contribution in [3.05, 3.63) is 64.2 Å². The molecule has 2 amide bonds. The van der Waals surface area contributed by atoms with Crippen molar-refractivity contribution in [1.29, 1.82) is 0 Å². The fourth-order valence-corrected chi connectivity index (χ4v) is 2.53. The molecule has 0 aromatic heterocycles. The first-order chi connectivity index (χ1) is 10.8. The molecular weight excluding hydrogens is 292 g/mol. The molecule has 0 saturated heterocycles. The average Bonchev–Trinajstić information content (AvgIpc) is 2.52. The van der Waals surface area contributed by atoms with Crippen molar-refractivity contribution in [2.45, 2.75) is 20.8 Å². The van der Waals surface area contributed by atoms with Crippen LogP contribution < -0.4 is 10.6 Å². The number of rotatable bonds is 3. The molecule has 2 N–H and O–H groups in total. The Morgan fingerprint density at radius 1 is 1.00 bits per heavy atom. The Kier molecular flexibility index (Phi) is 4.81. The van der Waals surface area contributed by atoms with E-state index >= 15 is 0 Å². The molecule has 0 aliphatic carbocycles. The number of hydrazine groups is 1. The first kappa shape index (κ1) is 16.7. The van der Waals surface area contributed by atoms with Crippen molar-refractivity contribution in [3.63, 3.8) is 0 Å². The molecule has 0 saturated carbocycles.